The Balaban J connectivity index is 0.000000226. The minimum Gasteiger partial charge on any atom is -0.384 e. The van der Waals surface area contributed by atoms with Crippen LogP contribution in [0.1, 0.15) is 37.5 Å². The Bertz CT molecular complexity index is 1470. The number of pyridine rings is 2. The van der Waals surface area contributed by atoms with Gasteiger partial charge in [-0.2, -0.15) is 0 Å². The first kappa shape index (κ1) is 32.1. The van der Waals surface area contributed by atoms with E-state index in [1.165, 1.54) is 6.07 Å². The fraction of sp³-hybridized carbons (Fsp3) is 0.111. The molecule has 2 N–H and O–H groups in total. The van der Waals surface area contributed by atoms with Crippen LogP contribution in [0.25, 0.3) is 0 Å². The molecule has 0 bridgehead atoms. The second kappa shape index (κ2) is 14.9. The number of nitrogens with two attached hydrogens (primary N) is 1. The topological polar surface area (TPSA) is 85.9 Å². The molecule has 0 spiro atoms. The van der Waals surface area contributed by atoms with Crippen molar-refractivity contribution in [2.45, 2.75) is 20.3 Å². The van der Waals surface area contributed by atoms with Crippen molar-refractivity contribution < 1.29 is 27.2 Å². The molecular weight excluding hydrogens is 670 g/mol. The summed E-state index contributed by atoms with van der Waals surface area (Å²) >= 11 is 11.5. The summed E-state index contributed by atoms with van der Waals surface area (Å²) in [6, 6.07) is 9.99. The van der Waals surface area contributed by atoms with Crippen LogP contribution in [0.2, 0.25) is 0 Å². The Morgan fingerprint density at radius 2 is 1.23 bits per heavy atom. The third kappa shape index (κ3) is 9.52. The average molecular weight is 690 g/mol. The monoisotopic (exact) mass is 687 g/mol. The molecule has 4 aromatic rings. The normalized spacial score (nSPS) is 10.1. The Morgan fingerprint density at radius 3 is 1.62 bits per heavy atom. The number of hydrogen-bond donors (Lipinski definition) is 1. The number of carbonyl (C=O) groups excluding carboxylic acids is 2. The van der Waals surface area contributed by atoms with Gasteiger partial charge in [0, 0.05) is 27.0 Å². The van der Waals surface area contributed by atoms with Gasteiger partial charge in [-0.3, -0.25) is 14.6 Å². The predicted octanol–water partition coefficient (Wildman–Crippen LogP) is 7.93. The molecule has 204 valence electrons. The highest BCUT2D eigenvalue weighted by Gasteiger charge is 2.18. The lowest BCUT2D eigenvalue weighted by molar-refractivity contribution is 0.0983. The van der Waals surface area contributed by atoms with Crippen molar-refractivity contribution in [2.24, 2.45) is 0 Å². The number of halogens is 7. The minimum absolute atomic E-state index is 0.133. The standard InChI is InChI=1S/C14H10BrF2NO.C7H3ClF2O.C6H7BrN2/c1-8-5-9(18-7-10(8)15)6-13(19)14-11(16)3-2-4-12(14)17;8-7(11)6-4(9)2-1-3-5(6)10;1-4-2-6(8)9-3-5(4)7/h2-5,7H,6H2,1H3;1-3H;2-3H,1H3,(H2,8,9). The summed E-state index contributed by atoms with van der Waals surface area (Å²) in [4.78, 5) is 30.2. The molecule has 0 amide bonds. The molecule has 4 rings (SSSR count). The number of hydrogen-bond acceptors (Lipinski definition) is 5. The van der Waals surface area contributed by atoms with Crippen molar-refractivity contribution in [3.05, 3.63) is 121 Å². The molecule has 0 aliphatic rings. The first-order valence-corrected chi connectivity index (χ1v) is 12.9. The summed E-state index contributed by atoms with van der Waals surface area (Å²) in [5.74, 6) is -3.63. The van der Waals surface area contributed by atoms with Gasteiger partial charge in [-0.15, -0.1) is 0 Å². The van der Waals surface area contributed by atoms with Crippen LogP contribution in [0.5, 0.6) is 0 Å². The van der Waals surface area contributed by atoms with Gasteiger partial charge in [-0.25, -0.2) is 22.5 Å². The highest BCUT2D eigenvalue weighted by molar-refractivity contribution is 9.10. The van der Waals surface area contributed by atoms with Crippen molar-refractivity contribution in [3.63, 3.8) is 0 Å². The van der Waals surface area contributed by atoms with Gasteiger partial charge in [0.05, 0.1) is 12.0 Å². The first-order valence-electron chi connectivity index (χ1n) is 10.9. The number of carbonyl (C=O) groups is 2. The van der Waals surface area contributed by atoms with Gasteiger partial charge in [0.2, 0.25) is 0 Å². The summed E-state index contributed by atoms with van der Waals surface area (Å²) in [5.41, 5.74) is 6.69. The lowest BCUT2D eigenvalue weighted by Crippen LogP contribution is -2.10. The number of rotatable bonds is 4. The Labute approximate surface area is 243 Å². The number of aromatic nitrogens is 2. The molecule has 0 aliphatic heterocycles. The predicted molar refractivity (Wildman–Crippen MR) is 149 cm³/mol. The van der Waals surface area contributed by atoms with E-state index in [9.17, 15) is 27.2 Å². The summed E-state index contributed by atoms with van der Waals surface area (Å²) in [7, 11) is 0. The number of ketones is 1. The molecular formula is C27H20Br2ClF4N3O2. The van der Waals surface area contributed by atoms with E-state index in [1.807, 2.05) is 19.9 Å². The molecule has 0 radical (unpaired) electrons. The molecule has 0 fully saturated rings. The average Bonchev–Trinajstić information content (AvgIpc) is 2.84. The van der Waals surface area contributed by atoms with Crippen LogP contribution in [0, 0.1) is 37.1 Å². The van der Waals surface area contributed by atoms with Crippen LogP contribution in [-0.4, -0.2) is 21.0 Å². The fourth-order valence-corrected chi connectivity index (χ4v) is 3.57. The molecule has 39 heavy (non-hydrogen) atoms. The summed E-state index contributed by atoms with van der Waals surface area (Å²) < 4.78 is 53.8. The molecule has 0 atom stereocenters. The van der Waals surface area contributed by atoms with Gasteiger partial charge >= 0.3 is 0 Å². The quantitative estimate of drug-likeness (QED) is 0.134. The van der Waals surface area contributed by atoms with Crippen LogP contribution in [0.15, 0.2) is 69.9 Å². The third-order valence-electron chi connectivity index (χ3n) is 4.91. The summed E-state index contributed by atoms with van der Waals surface area (Å²) in [5, 5.41) is -1.12. The zero-order chi connectivity index (χ0) is 29.3. The maximum atomic E-state index is 13.5. The zero-order valence-corrected chi connectivity index (χ0v) is 24.3. The summed E-state index contributed by atoms with van der Waals surface area (Å²) in [6.45, 7) is 3.82. The number of nitrogen functional groups attached to an aromatic ring is 1. The van der Waals surface area contributed by atoms with Gasteiger partial charge in [0.1, 0.15) is 34.7 Å². The lowest BCUT2D eigenvalue weighted by Gasteiger charge is -2.05. The van der Waals surface area contributed by atoms with E-state index in [0.29, 0.717) is 11.5 Å². The summed E-state index contributed by atoms with van der Waals surface area (Å²) in [6.07, 6.45) is 3.13. The van der Waals surface area contributed by atoms with Crippen molar-refractivity contribution >= 4 is 60.3 Å². The Morgan fingerprint density at radius 1 is 0.795 bits per heavy atom. The van der Waals surface area contributed by atoms with E-state index in [2.05, 4.69) is 41.8 Å². The van der Waals surface area contributed by atoms with E-state index in [4.69, 9.17) is 17.3 Å². The first-order chi connectivity index (χ1) is 18.3. The van der Waals surface area contributed by atoms with E-state index < -0.39 is 45.4 Å². The lowest BCUT2D eigenvalue weighted by atomic mass is 10.0. The minimum atomic E-state index is -1.12. The fourth-order valence-electron chi connectivity index (χ4n) is 2.96. The maximum Gasteiger partial charge on any atom is 0.258 e. The van der Waals surface area contributed by atoms with Gasteiger partial charge in [-0.05, 0) is 105 Å². The van der Waals surface area contributed by atoms with Gasteiger partial charge in [0.25, 0.3) is 5.24 Å². The Hall–Kier alpha value is -3.15. The number of aryl methyl sites for hydroxylation is 2. The zero-order valence-electron chi connectivity index (χ0n) is 20.4. The highest BCUT2D eigenvalue weighted by Crippen LogP contribution is 2.19. The largest absolute Gasteiger partial charge is 0.384 e. The number of anilines is 1. The second-order valence-electron chi connectivity index (χ2n) is 7.85. The van der Waals surface area contributed by atoms with Crippen molar-refractivity contribution in [1.82, 2.24) is 9.97 Å². The van der Waals surface area contributed by atoms with Crippen LogP contribution in [0.4, 0.5) is 23.4 Å². The van der Waals surface area contributed by atoms with Crippen molar-refractivity contribution in [3.8, 4) is 0 Å². The van der Waals surface area contributed by atoms with Crippen LogP contribution < -0.4 is 5.73 Å². The van der Waals surface area contributed by atoms with Crippen molar-refractivity contribution in [2.75, 3.05) is 5.73 Å². The van der Waals surface area contributed by atoms with E-state index in [-0.39, 0.29) is 6.42 Å². The molecule has 0 unspecified atom stereocenters. The van der Waals surface area contributed by atoms with Crippen molar-refractivity contribution in [1.29, 1.82) is 0 Å². The van der Waals surface area contributed by atoms with Gasteiger partial charge in [-0.1, -0.05) is 12.1 Å². The molecule has 12 heteroatoms. The molecule has 0 saturated heterocycles. The van der Waals surface area contributed by atoms with Crippen LogP contribution >= 0.6 is 43.5 Å². The van der Waals surface area contributed by atoms with Gasteiger partial charge in [0.15, 0.2) is 5.78 Å². The van der Waals surface area contributed by atoms with E-state index in [0.717, 1.165) is 50.4 Å². The Kier molecular flexibility index (Phi) is 12.2. The highest BCUT2D eigenvalue weighted by atomic mass is 79.9. The van der Waals surface area contributed by atoms with Gasteiger partial charge < -0.3 is 5.73 Å². The third-order valence-corrected chi connectivity index (χ3v) is 6.76. The number of nitrogens with zero attached hydrogens (tertiary/aromatic N) is 2. The maximum absolute atomic E-state index is 13.5. The number of Topliss-reactive ketones (excluding diaryl/α,β-unsaturated/α-hetero) is 1. The number of benzene rings is 2. The molecule has 0 saturated carbocycles. The van der Waals surface area contributed by atoms with E-state index in [1.54, 1.807) is 18.5 Å². The SMILES string of the molecule is Cc1cc(CC(=O)c2c(F)cccc2F)ncc1Br.Cc1cc(N)ncc1Br.O=C(Cl)c1c(F)cccc1F. The molecule has 2 heterocycles. The van der Waals surface area contributed by atoms with Crippen LogP contribution in [-0.2, 0) is 6.42 Å². The smallest absolute Gasteiger partial charge is 0.258 e. The van der Waals surface area contributed by atoms with Crippen LogP contribution in [0.3, 0.4) is 0 Å². The molecule has 5 nitrogen and oxygen atoms in total. The molecule has 0 aliphatic carbocycles. The second-order valence-corrected chi connectivity index (χ2v) is 9.90. The van der Waals surface area contributed by atoms with E-state index >= 15 is 0 Å². The molecule has 2 aromatic heterocycles. The molecule has 2 aromatic carbocycles.